The van der Waals surface area contributed by atoms with Gasteiger partial charge in [-0.15, -0.1) is 0 Å². The highest BCUT2D eigenvalue weighted by Gasteiger charge is 2.07. The molecule has 0 radical (unpaired) electrons. The average molecular weight is 239 g/mol. The van der Waals surface area contributed by atoms with Crippen LogP contribution in [0.1, 0.15) is 5.56 Å². The summed E-state index contributed by atoms with van der Waals surface area (Å²) in [7, 11) is 0.0536. The second-order valence-corrected chi connectivity index (χ2v) is 4.70. The molecule has 82 valence electrons. The summed E-state index contributed by atoms with van der Waals surface area (Å²) >= 11 is 0. The number of benzene rings is 2. The molecule has 1 aromatic heterocycles. The van der Waals surface area contributed by atoms with Crippen molar-refractivity contribution in [1.29, 1.82) is 0 Å². The molecule has 0 amide bonds. The monoisotopic (exact) mass is 239 g/mol. The molecule has 2 nitrogen and oxygen atoms in total. The molecular weight excluding hydrogens is 229 g/mol. The maximum absolute atomic E-state index is 11.2. The third-order valence-corrected chi connectivity index (χ3v) is 3.74. The quantitative estimate of drug-likeness (QED) is 0.479. The van der Waals surface area contributed by atoms with Crippen molar-refractivity contribution in [2.45, 2.75) is 6.92 Å². The smallest absolute Gasteiger partial charge is 0.193 e. The fraction of sp³-hybridized carbons (Fsp3) is 0.0714. The van der Waals surface area contributed by atoms with E-state index in [4.69, 9.17) is 0 Å². The summed E-state index contributed by atoms with van der Waals surface area (Å²) in [6.07, 6.45) is 0. The van der Waals surface area contributed by atoms with Gasteiger partial charge in [-0.3, -0.25) is 4.57 Å². The highest BCUT2D eigenvalue weighted by Crippen LogP contribution is 2.21. The summed E-state index contributed by atoms with van der Waals surface area (Å²) in [5.74, 6) is 0. The minimum atomic E-state index is 0.0536. The molecule has 0 unspecified atom stereocenters. The van der Waals surface area contributed by atoms with Crippen LogP contribution in [0, 0.1) is 6.92 Å². The molecule has 17 heavy (non-hydrogen) atoms. The van der Waals surface area contributed by atoms with Crippen molar-refractivity contribution in [3.63, 3.8) is 0 Å². The molecule has 3 heteroatoms. The number of aryl methyl sites for hydroxylation is 1. The summed E-state index contributed by atoms with van der Waals surface area (Å²) < 4.78 is 11.2. The Hall–Kier alpha value is -1.79. The number of hydrogen-bond acceptors (Lipinski definition) is 2. The lowest BCUT2D eigenvalue weighted by molar-refractivity contribution is 0.603. The number of pyridine rings is 1. The lowest BCUT2D eigenvalue weighted by Crippen LogP contribution is -2.00. The zero-order valence-electron chi connectivity index (χ0n) is 9.34. The molecule has 0 atom stereocenters. The number of rotatable bonds is 1. The summed E-state index contributed by atoms with van der Waals surface area (Å²) in [5.41, 5.74) is 2.90. The molecule has 0 saturated heterocycles. The van der Waals surface area contributed by atoms with Gasteiger partial charge in [0.1, 0.15) is 0 Å². The van der Waals surface area contributed by atoms with Gasteiger partial charge >= 0.3 is 0 Å². The van der Waals surface area contributed by atoms with E-state index in [9.17, 15) is 4.57 Å². The Balaban J connectivity index is 2.52. The van der Waals surface area contributed by atoms with Crippen LogP contribution in [-0.2, 0) is 4.57 Å². The van der Waals surface area contributed by atoms with Gasteiger partial charge in [-0.1, -0.05) is 24.3 Å². The summed E-state index contributed by atoms with van der Waals surface area (Å²) in [4.78, 5) is 4.58. The van der Waals surface area contributed by atoms with E-state index in [1.54, 1.807) is 0 Å². The highest BCUT2D eigenvalue weighted by molar-refractivity contribution is 7.35. The Morgan fingerprint density at radius 2 is 1.88 bits per heavy atom. The summed E-state index contributed by atoms with van der Waals surface area (Å²) in [6, 6.07) is 14.0. The normalized spacial score (nSPS) is 11.4. The molecular formula is C14H10NOP. The third kappa shape index (κ3) is 1.62. The van der Waals surface area contributed by atoms with Crippen molar-refractivity contribution in [3.8, 4) is 0 Å². The molecule has 1 heterocycles. The van der Waals surface area contributed by atoms with Crippen LogP contribution in [0.4, 0.5) is 0 Å². The van der Waals surface area contributed by atoms with Gasteiger partial charge in [0.25, 0.3) is 0 Å². The van der Waals surface area contributed by atoms with E-state index in [0.717, 1.165) is 32.7 Å². The van der Waals surface area contributed by atoms with Crippen LogP contribution in [0.15, 0.2) is 42.5 Å². The molecule has 0 aliphatic heterocycles. The lowest BCUT2D eigenvalue weighted by atomic mass is 10.1. The van der Waals surface area contributed by atoms with E-state index in [1.165, 1.54) is 0 Å². The van der Waals surface area contributed by atoms with Gasteiger partial charge in [-0.25, -0.2) is 4.98 Å². The summed E-state index contributed by atoms with van der Waals surface area (Å²) in [6.45, 7) is 1.97. The first-order valence-corrected chi connectivity index (χ1v) is 6.23. The topological polar surface area (TPSA) is 30.0 Å². The van der Waals surface area contributed by atoms with E-state index in [0.29, 0.717) is 0 Å². The standard InChI is InChI=1S/C14H10NOP/c1-9-6-7-13-11(14(9)17-16)8-10-4-2-3-5-12(10)15-13/h2-8H,1H3. The molecule has 0 bridgehead atoms. The number of fused-ring (bicyclic) bond motifs is 2. The van der Waals surface area contributed by atoms with E-state index < -0.39 is 0 Å². The van der Waals surface area contributed by atoms with Crippen LogP contribution in [0.25, 0.3) is 21.8 Å². The highest BCUT2D eigenvalue weighted by atomic mass is 31.1. The third-order valence-electron chi connectivity index (χ3n) is 2.96. The first-order chi connectivity index (χ1) is 8.29. The lowest BCUT2D eigenvalue weighted by Gasteiger charge is -2.05. The minimum Gasteiger partial charge on any atom is -0.269 e. The molecule has 0 saturated carbocycles. The number of para-hydroxylation sites is 1. The van der Waals surface area contributed by atoms with Gasteiger partial charge in [0.05, 0.1) is 16.3 Å². The van der Waals surface area contributed by atoms with Crippen molar-refractivity contribution in [1.82, 2.24) is 4.98 Å². The molecule has 2 aromatic carbocycles. The molecule has 0 N–H and O–H groups in total. The second kappa shape index (κ2) is 3.90. The molecule has 3 rings (SSSR count). The van der Waals surface area contributed by atoms with Gasteiger partial charge < -0.3 is 0 Å². The van der Waals surface area contributed by atoms with Crippen LogP contribution in [0.5, 0.6) is 0 Å². The minimum absolute atomic E-state index is 0.0536. The molecule has 0 fully saturated rings. The van der Waals surface area contributed by atoms with Crippen molar-refractivity contribution in [3.05, 3.63) is 48.0 Å². The van der Waals surface area contributed by atoms with Crippen LogP contribution in [-0.4, -0.2) is 4.98 Å². The first kappa shape index (κ1) is 10.4. The summed E-state index contributed by atoms with van der Waals surface area (Å²) in [5, 5.41) is 2.89. The van der Waals surface area contributed by atoms with E-state index in [-0.39, 0.29) is 8.46 Å². The average Bonchev–Trinajstić information content (AvgIpc) is 2.36. The Morgan fingerprint density at radius 3 is 2.71 bits per heavy atom. The van der Waals surface area contributed by atoms with Gasteiger partial charge in [0.2, 0.25) is 0 Å². The molecule has 0 aliphatic carbocycles. The number of aromatic nitrogens is 1. The Bertz CT molecular complexity index is 737. The van der Waals surface area contributed by atoms with Crippen molar-refractivity contribution in [2.75, 3.05) is 0 Å². The van der Waals surface area contributed by atoms with Gasteiger partial charge in [0, 0.05) is 10.8 Å². The largest absolute Gasteiger partial charge is 0.269 e. The number of nitrogens with zero attached hydrogens (tertiary/aromatic N) is 1. The zero-order valence-corrected chi connectivity index (χ0v) is 10.2. The molecule has 0 aliphatic rings. The van der Waals surface area contributed by atoms with Gasteiger partial charge in [-0.2, -0.15) is 0 Å². The maximum Gasteiger partial charge on any atom is 0.193 e. The fourth-order valence-corrected chi connectivity index (χ4v) is 2.56. The second-order valence-electron chi connectivity index (χ2n) is 4.07. The van der Waals surface area contributed by atoms with E-state index >= 15 is 0 Å². The first-order valence-electron chi connectivity index (χ1n) is 5.42. The Morgan fingerprint density at radius 1 is 1.06 bits per heavy atom. The predicted molar refractivity (Wildman–Crippen MR) is 71.2 cm³/mol. The van der Waals surface area contributed by atoms with E-state index in [1.807, 2.05) is 43.3 Å². The van der Waals surface area contributed by atoms with Crippen molar-refractivity contribution >= 4 is 35.6 Å². The Kier molecular flexibility index (Phi) is 2.38. The van der Waals surface area contributed by atoms with Crippen LogP contribution in [0.3, 0.4) is 0 Å². The van der Waals surface area contributed by atoms with Crippen LogP contribution >= 0.6 is 8.46 Å². The fourth-order valence-electron chi connectivity index (χ4n) is 2.06. The van der Waals surface area contributed by atoms with Crippen LogP contribution in [0.2, 0.25) is 0 Å². The Labute approximate surface area is 100 Å². The van der Waals surface area contributed by atoms with Gasteiger partial charge in [0.15, 0.2) is 8.46 Å². The predicted octanol–water partition coefficient (Wildman–Crippen LogP) is 3.61. The van der Waals surface area contributed by atoms with Crippen molar-refractivity contribution < 1.29 is 4.57 Å². The zero-order chi connectivity index (χ0) is 11.8. The van der Waals surface area contributed by atoms with Gasteiger partial charge in [-0.05, 0) is 30.7 Å². The number of hydrogen-bond donors (Lipinski definition) is 0. The molecule has 3 aromatic rings. The van der Waals surface area contributed by atoms with E-state index in [2.05, 4.69) is 11.1 Å². The SMILES string of the molecule is Cc1ccc2nc3ccccc3cc2c1P=O. The molecule has 0 spiro atoms. The maximum atomic E-state index is 11.2. The van der Waals surface area contributed by atoms with Crippen molar-refractivity contribution in [2.24, 2.45) is 0 Å². The van der Waals surface area contributed by atoms with Crippen LogP contribution < -0.4 is 5.30 Å².